The van der Waals surface area contributed by atoms with E-state index in [-0.39, 0.29) is 16.9 Å². The maximum Gasteiger partial charge on any atom is 0.242 e. The summed E-state index contributed by atoms with van der Waals surface area (Å²) in [5.41, 5.74) is 7.78. The van der Waals surface area contributed by atoms with Crippen molar-refractivity contribution in [1.29, 1.82) is 0 Å². The van der Waals surface area contributed by atoms with Crippen LogP contribution < -0.4 is 10.5 Å². The standard InChI is InChI=1S/C15H24N2O3S/c1-4-14-12(7-8-20-14)9-17-21(18,19)15-11(3)10(2)5-6-13(15)16/h5-6,12,14,17H,4,7-9,16H2,1-3H3. The van der Waals surface area contributed by atoms with E-state index in [1.54, 1.807) is 13.0 Å². The molecule has 5 nitrogen and oxygen atoms in total. The lowest BCUT2D eigenvalue weighted by Gasteiger charge is -2.19. The molecule has 0 bridgehead atoms. The number of nitrogens with two attached hydrogens (primary N) is 1. The first-order valence-electron chi connectivity index (χ1n) is 7.33. The average molecular weight is 312 g/mol. The Bertz CT molecular complexity index is 614. The Morgan fingerprint density at radius 1 is 1.38 bits per heavy atom. The summed E-state index contributed by atoms with van der Waals surface area (Å²) in [7, 11) is -3.59. The molecule has 1 fully saturated rings. The van der Waals surface area contributed by atoms with Gasteiger partial charge in [-0.1, -0.05) is 13.0 Å². The van der Waals surface area contributed by atoms with Gasteiger partial charge in [0.15, 0.2) is 0 Å². The molecule has 1 saturated heterocycles. The molecule has 1 heterocycles. The SMILES string of the molecule is CCC1OCCC1CNS(=O)(=O)c1c(N)ccc(C)c1C. The van der Waals surface area contributed by atoms with Gasteiger partial charge in [0.25, 0.3) is 0 Å². The molecule has 0 saturated carbocycles. The fourth-order valence-corrected chi connectivity index (χ4v) is 4.35. The van der Waals surface area contributed by atoms with Gasteiger partial charge in [0.05, 0.1) is 11.8 Å². The van der Waals surface area contributed by atoms with Crippen LogP contribution in [0.2, 0.25) is 0 Å². The number of rotatable bonds is 5. The van der Waals surface area contributed by atoms with E-state index in [0.29, 0.717) is 24.4 Å². The van der Waals surface area contributed by atoms with Gasteiger partial charge in [-0.2, -0.15) is 0 Å². The van der Waals surface area contributed by atoms with Gasteiger partial charge in [-0.3, -0.25) is 0 Å². The highest BCUT2D eigenvalue weighted by Gasteiger charge is 2.29. The number of nitrogen functional groups attached to an aromatic ring is 1. The van der Waals surface area contributed by atoms with Gasteiger partial charge >= 0.3 is 0 Å². The molecule has 21 heavy (non-hydrogen) atoms. The van der Waals surface area contributed by atoms with Gasteiger partial charge in [-0.25, -0.2) is 13.1 Å². The zero-order valence-corrected chi connectivity index (χ0v) is 13.7. The maximum atomic E-state index is 12.5. The Morgan fingerprint density at radius 2 is 2.10 bits per heavy atom. The van der Waals surface area contributed by atoms with E-state index in [1.807, 2.05) is 13.0 Å². The minimum atomic E-state index is -3.59. The second kappa shape index (κ2) is 6.34. The molecule has 6 heteroatoms. The molecule has 0 amide bonds. The van der Waals surface area contributed by atoms with Crippen molar-refractivity contribution >= 4 is 15.7 Å². The van der Waals surface area contributed by atoms with Crippen molar-refractivity contribution in [3.63, 3.8) is 0 Å². The zero-order valence-electron chi connectivity index (χ0n) is 12.8. The monoisotopic (exact) mass is 312 g/mol. The summed E-state index contributed by atoms with van der Waals surface area (Å²) in [4.78, 5) is 0.203. The number of hydrogen-bond donors (Lipinski definition) is 2. The Hall–Kier alpha value is -1.11. The minimum Gasteiger partial charge on any atom is -0.398 e. The molecule has 0 spiro atoms. The van der Waals surface area contributed by atoms with Crippen LogP contribution in [0.25, 0.3) is 0 Å². The van der Waals surface area contributed by atoms with E-state index < -0.39 is 10.0 Å². The quantitative estimate of drug-likeness (QED) is 0.815. The van der Waals surface area contributed by atoms with Crippen molar-refractivity contribution in [3.05, 3.63) is 23.3 Å². The number of aryl methyl sites for hydroxylation is 1. The Morgan fingerprint density at radius 3 is 2.76 bits per heavy atom. The lowest BCUT2D eigenvalue weighted by molar-refractivity contribution is 0.0884. The predicted molar refractivity (Wildman–Crippen MR) is 83.7 cm³/mol. The molecule has 0 radical (unpaired) electrons. The number of nitrogens with one attached hydrogen (secondary N) is 1. The van der Waals surface area contributed by atoms with Crippen LogP contribution in [-0.4, -0.2) is 27.7 Å². The lowest BCUT2D eigenvalue weighted by Crippen LogP contribution is -2.33. The van der Waals surface area contributed by atoms with Crippen LogP contribution in [0.1, 0.15) is 30.9 Å². The molecular weight excluding hydrogens is 288 g/mol. The van der Waals surface area contributed by atoms with E-state index in [0.717, 1.165) is 18.4 Å². The highest BCUT2D eigenvalue weighted by Crippen LogP contribution is 2.27. The van der Waals surface area contributed by atoms with Crippen molar-refractivity contribution in [2.24, 2.45) is 5.92 Å². The van der Waals surface area contributed by atoms with Crippen LogP contribution in [0, 0.1) is 19.8 Å². The smallest absolute Gasteiger partial charge is 0.242 e. The summed E-state index contributed by atoms with van der Waals surface area (Å²) >= 11 is 0. The third kappa shape index (κ3) is 3.39. The minimum absolute atomic E-state index is 0.142. The van der Waals surface area contributed by atoms with Gasteiger partial charge < -0.3 is 10.5 Å². The predicted octanol–water partition coefficient (Wildman–Crippen LogP) is 1.98. The van der Waals surface area contributed by atoms with Gasteiger partial charge in [-0.15, -0.1) is 0 Å². The van der Waals surface area contributed by atoms with Crippen molar-refractivity contribution < 1.29 is 13.2 Å². The van der Waals surface area contributed by atoms with Crippen LogP contribution in [0.5, 0.6) is 0 Å². The first-order chi connectivity index (χ1) is 9.86. The van der Waals surface area contributed by atoms with Crippen LogP contribution in [0.3, 0.4) is 0 Å². The van der Waals surface area contributed by atoms with Gasteiger partial charge in [0.1, 0.15) is 4.90 Å². The van der Waals surface area contributed by atoms with Gasteiger partial charge in [-0.05, 0) is 43.9 Å². The van der Waals surface area contributed by atoms with Crippen molar-refractivity contribution in [2.75, 3.05) is 18.9 Å². The number of ether oxygens (including phenoxy) is 1. The summed E-state index contributed by atoms with van der Waals surface area (Å²) in [6, 6.07) is 3.48. The molecule has 0 aromatic heterocycles. The van der Waals surface area contributed by atoms with Crippen LogP contribution in [-0.2, 0) is 14.8 Å². The third-order valence-corrected chi connectivity index (χ3v) is 5.89. The van der Waals surface area contributed by atoms with E-state index in [2.05, 4.69) is 11.6 Å². The van der Waals surface area contributed by atoms with Crippen molar-refractivity contribution in [2.45, 2.75) is 44.6 Å². The zero-order chi connectivity index (χ0) is 15.6. The highest BCUT2D eigenvalue weighted by atomic mass is 32.2. The molecule has 2 atom stereocenters. The summed E-state index contributed by atoms with van der Waals surface area (Å²) < 4.78 is 33.4. The number of sulfonamides is 1. The molecule has 2 unspecified atom stereocenters. The molecular formula is C15H24N2O3S. The number of anilines is 1. The Balaban J connectivity index is 2.18. The Labute approximate surface area is 126 Å². The molecule has 1 aliphatic heterocycles. The number of hydrogen-bond acceptors (Lipinski definition) is 4. The molecule has 3 N–H and O–H groups in total. The van der Waals surface area contributed by atoms with Crippen LogP contribution >= 0.6 is 0 Å². The Kier molecular flexibility index (Phi) is 4.91. The fourth-order valence-electron chi connectivity index (χ4n) is 2.83. The summed E-state index contributed by atoms with van der Waals surface area (Å²) in [5.74, 6) is 0.233. The van der Waals surface area contributed by atoms with E-state index >= 15 is 0 Å². The number of benzene rings is 1. The van der Waals surface area contributed by atoms with Crippen LogP contribution in [0.4, 0.5) is 5.69 Å². The molecule has 118 valence electrons. The highest BCUT2D eigenvalue weighted by molar-refractivity contribution is 7.89. The second-order valence-electron chi connectivity index (χ2n) is 5.64. The molecule has 1 aromatic rings. The maximum absolute atomic E-state index is 12.5. The molecule has 2 rings (SSSR count). The normalized spacial score (nSPS) is 22.6. The summed E-state index contributed by atoms with van der Waals surface area (Å²) in [6.07, 6.45) is 1.94. The summed E-state index contributed by atoms with van der Waals surface area (Å²) in [5, 5.41) is 0. The van der Waals surface area contributed by atoms with Crippen LogP contribution in [0.15, 0.2) is 17.0 Å². The third-order valence-electron chi connectivity index (χ3n) is 4.26. The molecule has 1 aliphatic rings. The first kappa shape index (κ1) is 16.3. The lowest BCUT2D eigenvalue weighted by atomic mass is 10.0. The van der Waals surface area contributed by atoms with Crippen molar-refractivity contribution in [3.8, 4) is 0 Å². The molecule has 0 aliphatic carbocycles. The topological polar surface area (TPSA) is 81.4 Å². The largest absolute Gasteiger partial charge is 0.398 e. The van der Waals surface area contributed by atoms with E-state index in [4.69, 9.17) is 10.5 Å². The van der Waals surface area contributed by atoms with Gasteiger partial charge in [0.2, 0.25) is 10.0 Å². The first-order valence-corrected chi connectivity index (χ1v) is 8.82. The summed E-state index contributed by atoms with van der Waals surface area (Å²) in [6.45, 7) is 6.82. The van der Waals surface area contributed by atoms with E-state index in [1.165, 1.54) is 0 Å². The average Bonchev–Trinajstić information content (AvgIpc) is 2.88. The second-order valence-corrected chi connectivity index (χ2v) is 7.35. The van der Waals surface area contributed by atoms with Gasteiger partial charge in [0, 0.05) is 19.1 Å². The van der Waals surface area contributed by atoms with E-state index in [9.17, 15) is 8.42 Å². The molecule has 1 aromatic carbocycles. The fraction of sp³-hybridized carbons (Fsp3) is 0.600. The van der Waals surface area contributed by atoms with Crippen molar-refractivity contribution in [1.82, 2.24) is 4.72 Å².